The first-order valence-electron chi connectivity index (χ1n) is 15.5. The van der Waals surface area contributed by atoms with Gasteiger partial charge in [0, 0.05) is 38.4 Å². The number of benzene rings is 7. The minimum atomic E-state index is 0.636. The molecule has 46 heavy (non-hydrogen) atoms. The van der Waals surface area contributed by atoms with E-state index in [0.717, 1.165) is 44.5 Å². The van der Waals surface area contributed by atoms with Crippen LogP contribution in [-0.2, 0) is 0 Å². The molecule has 9 rings (SSSR count). The number of aromatic nitrogens is 2. The third-order valence-corrected chi connectivity index (χ3v) is 9.13. The van der Waals surface area contributed by atoms with Crippen molar-refractivity contribution in [1.29, 1.82) is 0 Å². The van der Waals surface area contributed by atoms with Crippen LogP contribution in [0.3, 0.4) is 0 Å². The van der Waals surface area contributed by atoms with Crippen molar-refractivity contribution in [2.24, 2.45) is 0 Å². The first kappa shape index (κ1) is 26.1. The van der Waals surface area contributed by atoms with E-state index in [0.29, 0.717) is 5.69 Å². The lowest BCUT2D eigenvalue weighted by Crippen LogP contribution is -1.94. The van der Waals surface area contributed by atoms with Crippen LogP contribution in [0.15, 0.2) is 164 Å². The van der Waals surface area contributed by atoms with Gasteiger partial charge in [-0.25, -0.2) is 4.85 Å². The summed E-state index contributed by atoms with van der Waals surface area (Å²) in [5.41, 5.74) is 12.1. The van der Waals surface area contributed by atoms with Crippen LogP contribution in [0, 0.1) is 6.57 Å². The van der Waals surface area contributed by atoms with Crippen molar-refractivity contribution >= 4 is 49.3 Å². The van der Waals surface area contributed by atoms with Crippen LogP contribution in [0.1, 0.15) is 0 Å². The monoisotopic (exact) mass is 585 g/mol. The molecule has 214 valence electrons. The van der Waals surface area contributed by atoms with E-state index >= 15 is 0 Å². The normalized spacial score (nSPS) is 11.5. The highest BCUT2D eigenvalue weighted by molar-refractivity contribution is 6.12. The van der Waals surface area contributed by atoms with E-state index < -0.39 is 0 Å². The van der Waals surface area contributed by atoms with Gasteiger partial charge in [0.2, 0.25) is 0 Å². The molecule has 0 bridgehead atoms. The van der Waals surface area contributed by atoms with Crippen LogP contribution >= 0.6 is 0 Å². The van der Waals surface area contributed by atoms with Gasteiger partial charge in [-0.2, -0.15) is 0 Å². The van der Waals surface area contributed by atoms with Gasteiger partial charge in [-0.1, -0.05) is 109 Å². The molecule has 0 aliphatic heterocycles. The topological polar surface area (TPSA) is 14.2 Å². The lowest BCUT2D eigenvalue weighted by molar-refractivity contribution is 1.18. The van der Waals surface area contributed by atoms with E-state index in [9.17, 15) is 0 Å². The summed E-state index contributed by atoms with van der Waals surface area (Å²) in [7, 11) is 0. The van der Waals surface area contributed by atoms with Crippen molar-refractivity contribution in [2.45, 2.75) is 0 Å². The first-order valence-corrected chi connectivity index (χ1v) is 15.5. The standard InChI is InChI=1S/C43H27N3/c1-44-33-21-24-38-39-27-32(20-25-42(39)46(43(38)28-33)35-13-9-12-31(26-35)29-10-3-2-4-11-29)30-18-22-34(23-19-30)45-40-16-7-5-14-36(40)37-15-6-8-17-41(37)45/h2-28H. The van der Waals surface area contributed by atoms with E-state index in [4.69, 9.17) is 6.57 Å². The van der Waals surface area contributed by atoms with Gasteiger partial charge < -0.3 is 9.13 Å². The van der Waals surface area contributed by atoms with E-state index in [2.05, 4.69) is 160 Å². The van der Waals surface area contributed by atoms with Gasteiger partial charge >= 0.3 is 0 Å². The van der Waals surface area contributed by atoms with Crippen molar-refractivity contribution in [3.63, 3.8) is 0 Å². The molecular weight excluding hydrogens is 558 g/mol. The summed E-state index contributed by atoms with van der Waals surface area (Å²) in [5.74, 6) is 0. The summed E-state index contributed by atoms with van der Waals surface area (Å²) in [6.45, 7) is 7.69. The Balaban J connectivity index is 1.18. The van der Waals surface area contributed by atoms with E-state index in [1.165, 1.54) is 32.8 Å². The Morgan fingerprint density at radius 3 is 1.65 bits per heavy atom. The highest BCUT2D eigenvalue weighted by atomic mass is 15.0. The van der Waals surface area contributed by atoms with E-state index in [-0.39, 0.29) is 0 Å². The van der Waals surface area contributed by atoms with Gasteiger partial charge in [-0.05, 0) is 76.9 Å². The number of rotatable bonds is 4. The molecular formula is C43H27N3. The summed E-state index contributed by atoms with van der Waals surface area (Å²) < 4.78 is 4.64. The lowest BCUT2D eigenvalue weighted by Gasteiger charge is -2.11. The number of fused-ring (bicyclic) bond motifs is 6. The van der Waals surface area contributed by atoms with Gasteiger partial charge in [-0.15, -0.1) is 0 Å². The summed E-state index contributed by atoms with van der Waals surface area (Å²) in [4.78, 5) is 3.76. The Bertz CT molecular complexity index is 2580. The minimum absolute atomic E-state index is 0.636. The minimum Gasteiger partial charge on any atom is -0.310 e. The van der Waals surface area contributed by atoms with Crippen molar-refractivity contribution in [1.82, 2.24) is 9.13 Å². The van der Waals surface area contributed by atoms with E-state index in [1.54, 1.807) is 0 Å². The smallest absolute Gasteiger partial charge is 0.189 e. The highest BCUT2D eigenvalue weighted by Gasteiger charge is 2.16. The van der Waals surface area contributed by atoms with Crippen LogP contribution in [0.5, 0.6) is 0 Å². The molecule has 0 N–H and O–H groups in total. The Labute approximate surface area is 266 Å². The van der Waals surface area contributed by atoms with Gasteiger partial charge in [-0.3, -0.25) is 0 Å². The van der Waals surface area contributed by atoms with E-state index in [1.807, 2.05) is 18.2 Å². The molecule has 9 aromatic rings. The van der Waals surface area contributed by atoms with Gasteiger partial charge in [0.05, 0.1) is 23.1 Å². The maximum Gasteiger partial charge on any atom is 0.189 e. The average Bonchev–Trinajstić information content (AvgIpc) is 3.64. The van der Waals surface area contributed by atoms with Crippen molar-refractivity contribution < 1.29 is 0 Å². The molecule has 3 nitrogen and oxygen atoms in total. The third-order valence-electron chi connectivity index (χ3n) is 9.13. The van der Waals surface area contributed by atoms with Crippen LogP contribution < -0.4 is 0 Å². The molecule has 0 aliphatic carbocycles. The second-order valence-corrected chi connectivity index (χ2v) is 11.7. The Morgan fingerprint density at radius 2 is 0.913 bits per heavy atom. The fourth-order valence-corrected chi connectivity index (χ4v) is 7.00. The third kappa shape index (κ3) is 4.05. The molecule has 0 saturated carbocycles. The molecule has 7 aromatic carbocycles. The van der Waals surface area contributed by atoms with Crippen LogP contribution in [0.2, 0.25) is 0 Å². The number of hydrogen-bond donors (Lipinski definition) is 0. The van der Waals surface area contributed by atoms with Crippen LogP contribution in [-0.4, -0.2) is 9.13 Å². The predicted octanol–water partition coefficient (Wildman–Crippen LogP) is 11.8. The quantitative estimate of drug-likeness (QED) is 0.182. The zero-order chi connectivity index (χ0) is 30.6. The zero-order valence-corrected chi connectivity index (χ0v) is 24.9. The maximum atomic E-state index is 7.69. The molecule has 0 radical (unpaired) electrons. The Kier molecular flexibility index (Phi) is 5.88. The molecule has 0 spiro atoms. The van der Waals surface area contributed by atoms with Crippen molar-refractivity contribution in [3.8, 4) is 33.6 Å². The predicted molar refractivity (Wildman–Crippen MR) is 192 cm³/mol. The largest absolute Gasteiger partial charge is 0.310 e. The second kappa shape index (κ2) is 10.4. The summed E-state index contributed by atoms with van der Waals surface area (Å²) in [5, 5.41) is 4.83. The Hall–Kier alpha value is -6.37. The maximum absolute atomic E-state index is 7.69. The van der Waals surface area contributed by atoms with Gasteiger partial charge in [0.1, 0.15) is 0 Å². The lowest BCUT2D eigenvalue weighted by atomic mass is 10.0. The van der Waals surface area contributed by atoms with Crippen LogP contribution in [0.25, 0.3) is 82.1 Å². The highest BCUT2D eigenvalue weighted by Crippen LogP contribution is 2.38. The molecule has 3 heteroatoms. The molecule has 0 unspecified atom stereocenters. The molecule has 0 aliphatic rings. The van der Waals surface area contributed by atoms with Crippen molar-refractivity contribution in [3.05, 3.63) is 175 Å². The fourth-order valence-electron chi connectivity index (χ4n) is 7.00. The number of nitrogens with zero attached hydrogens (tertiary/aromatic N) is 3. The SMILES string of the molecule is [C-]#[N+]c1ccc2c3cc(-c4ccc(-n5c6ccccc6c6ccccc65)cc4)ccc3n(-c3cccc(-c4ccccc4)c3)c2c1. The molecule has 2 heterocycles. The number of hydrogen-bond acceptors (Lipinski definition) is 0. The van der Waals surface area contributed by atoms with Gasteiger partial charge in [0.25, 0.3) is 0 Å². The molecule has 0 amide bonds. The zero-order valence-electron chi connectivity index (χ0n) is 24.9. The summed E-state index contributed by atoms with van der Waals surface area (Å²) >= 11 is 0. The summed E-state index contributed by atoms with van der Waals surface area (Å²) in [6.07, 6.45) is 0. The molecule has 0 fully saturated rings. The molecule has 0 saturated heterocycles. The fraction of sp³-hybridized carbons (Fsp3) is 0. The van der Waals surface area contributed by atoms with Crippen LogP contribution in [0.4, 0.5) is 5.69 Å². The second-order valence-electron chi connectivity index (χ2n) is 11.7. The summed E-state index contributed by atoms with van der Waals surface area (Å²) in [6, 6.07) is 58.0. The van der Waals surface area contributed by atoms with Crippen molar-refractivity contribution in [2.75, 3.05) is 0 Å². The first-order chi connectivity index (χ1) is 22.8. The average molecular weight is 586 g/mol. The molecule has 0 atom stereocenters. The Morgan fingerprint density at radius 1 is 0.348 bits per heavy atom. The number of para-hydroxylation sites is 2. The van der Waals surface area contributed by atoms with Gasteiger partial charge in [0.15, 0.2) is 5.69 Å². The molecule has 2 aromatic heterocycles.